The molecule has 1 aromatic carbocycles. The summed E-state index contributed by atoms with van der Waals surface area (Å²) in [6.07, 6.45) is 3.49. The maximum absolute atomic E-state index is 12.4. The predicted molar refractivity (Wildman–Crippen MR) is 99.2 cm³/mol. The summed E-state index contributed by atoms with van der Waals surface area (Å²) in [7, 11) is 0. The minimum Gasteiger partial charge on any atom is -0.376 e. The molecule has 1 saturated heterocycles. The van der Waals surface area contributed by atoms with Crippen LogP contribution in [0.2, 0.25) is 0 Å². The summed E-state index contributed by atoms with van der Waals surface area (Å²) >= 11 is 0. The topological polar surface area (TPSA) is 65.4 Å². The van der Waals surface area contributed by atoms with Crippen LogP contribution >= 0.6 is 0 Å². The van der Waals surface area contributed by atoms with Gasteiger partial charge in [0, 0.05) is 17.9 Å². The molecule has 3 atom stereocenters. The third-order valence-electron chi connectivity index (χ3n) is 4.80. The Bertz CT molecular complexity index is 723. The van der Waals surface area contributed by atoms with Gasteiger partial charge in [-0.1, -0.05) is 18.2 Å². The van der Waals surface area contributed by atoms with E-state index >= 15 is 0 Å². The number of amides is 1. The number of aromatic nitrogens is 2. The second-order valence-electron chi connectivity index (χ2n) is 6.77. The number of hydrogen-bond acceptors (Lipinski definition) is 4. The van der Waals surface area contributed by atoms with Gasteiger partial charge in [-0.15, -0.1) is 0 Å². The lowest BCUT2D eigenvalue weighted by Crippen LogP contribution is -2.37. The molecule has 0 bridgehead atoms. The monoisotopic (exact) mass is 357 g/mol. The van der Waals surface area contributed by atoms with E-state index in [9.17, 15) is 4.79 Å². The zero-order chi connectivity index (χ0) is 18.5. The highest BCUT2D eigenvalue weighted by Gasteiger charge is 2.22. The molecule has 1 aromatic heterocycles. The van der Waals surface area contributed by atoms with E-state index in [1.165, 1.54) is 0 Å². The molecule has 26 heavy (non-hydrogen) atoms. The minimum atomic E-state index is -0.508. The van der Waals surface area contributed by atoms with Gasteiger partial charge in [-0.3, -0.25) is 4.79 Å². The lowest BCUT2D eigenvalue weighted by molar-refractivity contribution is -0.134. The van der Waals surface area contributed by atoms with Crippen LogP contribution in [0.3, 0.4) is 0 Å². The molecule has 0 spiro atoms. The van der Waals surface area contributed by atoms with Crippen LogP contribution in [0.1, 0.15) is 44.0 Å². The van der Waals surface area contributed by atoms with Crippen LogP contribution in [-0.2, 0) is 14.3 Å². The van der Waals surface area contributed by atoms with E-state index in [0.717, 1.165) is 36.4 Å². The van der Waals surface area contributed by atoms with Crippen molar-refractivity contribution in [2.45, 2.75) is 51.9 Å². The van der Waals surface area contributed by atoms with E-state index in [2.05, 4.69) is 10.4 Å². The Hall–Kier alpha value is -2.18. The van der Waals surface area contributed by atoms with Crippen molar-refractivity contribution in [2.24, 2.45) is 0 Å². The van der Waals surface area contributed by atoms with Crippen molar-refractivity contribution in [3.05, 3.63) is 47.8 Å². The number of nitrogens with zero attached hydrogens (tertiary/aromatic N) is 2. The summed E-state index contributed by atoms with van der Waals surface area (Å²) in [6.45, 7) is 7.00. The maximum atomic E-state index is 12.4. The molecule has 0 aliphatic carbocycles. The van der Waals surface area contributed by atoms with Crippen LogP contribution in [-0.4, -0.2) is 41.1 Å². The quantitative estimate of drug-likeness (QED) is 0.827. The number of nitrogens with one attached hydrogen (secondary N) is 1. The van der Waals surface area contributed by atoms with Gasteiger partial charge in [0.15, 0.2) is 0 Å². The van der Waals surface area contributed by atoms with Crippen molar-refractivity contribution in [3.63, 3.8) is 0 Å². The Morgan fingerprint density at radius 3 is 2.85 bits per heavy atom. The van der Waals surface area contributed by atoms with Gasteiger partial charge >= 0.3 is 0 Å². The third kappa shape index (κ3) is 4.31. The summed E-state index contributed by atoms with van der Waals surface area (Å²) < 4.78 is 13.1. The Morgan fingerprint density at radius 2 is 2.15 bits per heavy atom. The Morgan fingerprint density at radius 1 is 1.38 bits per heavy atom. The van der Waals surface area contributed by atoms with Crippen molar-refractivity contribution in [3.8, 4) is 5.69 Å². The lowest BCUT2D eigenvalue weighted by atomic mass is 10.1. The van der Waals surface area contributed by atoms with Gasteiger partial charge in [0.1, 0.15) is 6.10 Å². The van der Waals surface area contributed by atoms with Gasteiger partial charge in [0.05, 0.1) is 30.6 Å². The summed E-state index contributed by atoms with van der Waals surface area (Å²) in [4.78, 5) is 12.4. The fourth-order valence-corrected chi connectivity index (χ4v) is 3.19. The number of carbonyl (C=O) groups excluding carboxylic acids is 1. The second kappa shape index (κ2) is 8.47. The SMILES string of the molecule is Cc1c(C(C)NC(=O)C(C)OCC2CCCO2)cnn1-c1ccccc1. The second-order valence-corrected chi connectivity index (χ2v) is 6.77. The molecule has 3 unspecified atom stereocenters. The van der Waals surface area contributed by atoms with Crippen LogP contribution in [0.4, 0.5) is 0 Å². The van der Waals surface area contributed by atoms with E-state index in [1.807, 2.05) is 55.1 Å². The first kappa shape index (κ1) is 18.6. The highest BCUT2D eigenvalue weighted by molar-refractivity contribution is 5.80. The van der Waals surface area contributed by atoms with Gasteiger partial charge in [0.2, 0.25) is 5.91 Å². The summed E-state index contributed by atoms with van der Waals surface area (Å²) in [5.41, 5.74) is 3.01. The van der Waals surface area contributed by atoms with E-state index in [1.54, 1.807) is 6.92 Å². The van der Waals surface area contributed by atoms with E-state index in [4.69, 9.17) is 9.47 Å². The number of benzene rings is 1. The highest BCUT2D eigenvalue weighted by atomic mass is 16.5. The third-order valence-corrected chi connectivity index (χ3v) is 4.80. The minimum absolute atomic E-state index is 0.119. The van der Waals surface area contributed by atoms with Gasteiger partial charge in [-0.2, -0.15) is 5.10 Å². The molecule has 2 heterocycles. The number of carbonyl (C=O) groups is 1. The first-order valence-electron chi connectivity index (χ1n) is 9.19. The van der Waals surface area contributed by atoms with E-state index in [0.29, 0.717) is 6.61 Å². The van der Waals surface area contributed by atoms with Crippen molar-refractivity contribution in [1.82, 2.24) is 15.1 Å². The average Bonchev–Trinajstić information content (AvgIpc) is 3.29. The summed E-state index contributed by atoms with van der Waals surface area (Å²) in [5.74, 6) is -0.123. The van der Waals surface area contributed by atoms with Crippen LogP contribution < -0.4 is 5.32 Å². The summed E-state index contributed by atoms with van der Waals surface area (Å²) in [5, 5.41) is 7.48. The number of rotatable bonds is 7. The molecule has 2 aromatic rings. The fourth-order valence-electron chi connectivity index (χ4n) is 3.19. The summed E-state index contributed by atoms with van der Waals surface area (Å²) in [6, 6.07) is 9.81. The first-order valence-corrected chi connectivity index (χ1v) is 9.19. The molecule has 1 N–H and O–H groups in total. The van der Waals surface area contributed by atoms with Gasteiger partial charge in [0.25, 0.3) is 0 Å². The molecular weight excluding hydrogens is 330 g/mol. The van der Waals surface area contributed by atoms with Crippen molar-refractivity contribution in [1.29, 1.82) is 0 Å². The van der Waals surface area contributed by atoms with Gasteiger partial charge < -0.3 is 14.8 Å². The zero-order valence-corrected chi connectivity index (χ0v) is 15.6. The molecule has 3 rings (SSSR count). The molecule has 0 saturated carbocycles. The van der Waals surface area contributed by atoms with Crippen LogP contribution in [0, 0.1) is 6.92 Å². The Kier molecular flexibility index (Phi) is 6.06. The molecule has 6 nitrogen and oxygen atoms in total. The zero-order valence-electron chi connectivity index (χ0n) is 15.6. The van der Waals surface area contributed by atoms with Gasteiger partial charge in [-0.25, -0.2) is 4.68 Å². The molecule has 0 radical (unpaired) electrons. The van der Waals surface area contributed by atoms with Gasteiger partial charge in [-0.05, 0) is 45.7 Å². The number of para-hydroxylation sites is 1. The lowest BCUT2D eigenvalue weighted by Gasteiger charge is -2.19. The largest absolute Gasteiger partial charge is 0.376 e. The standard InChI is InChI=1S/C20H27N3O3/c1-14(22-20(24)16(3)26-13-18-10-7-11-25-18)19-12-21-23(15(19)2)17-8-5-4-6-9-17/h4-6,8-9,12,14,16,18H,7,10-11,13H2,1-3H3,(H,22,24). The maximum Gasteiger partial charge on any atom is 0.249 e. The number of hydrogen-bond donors (Lipinski definition) is 1. The average molecular weight is 357 g/mol. The fraction of sp³-hybridized carbons (Fsp3) is 0.500. The highest BCUT2D eigenvalue weighted by Crippen LogP contribution is 2.20. The Balaban J connectivity index is 1.58. The molecule has 1 fully saturated rings. The molecular formula is C20H27N3O3. The van der Waals surface area contributed by atoms with E-state index < -0.39 is 6.10 Å². The van der Waals surface area contributed by atoms with Crippen molar-refractivity contribution in [2.75, 3.05) is 13.2 Å². The number of ether oxygens (including phenoxy) is 2. The van der Waals surface area contributed by atoms with Crippen LogP contribution in [0.15, 0.2) is 36.5 Å². The first-order chi connectivity index (χ1) is 12.6. The van der Waals surface area contributed by atoms with E-state index in [-0.39, 0.29) is 18.1 Å². The van der Waals surface area contributed by atoms with Crippen molar-refractivity contribution < 1.29 is 14.3 Å². The van der Waals surface area contributed by atoms with Crippen LogP contribution in [0.25, 0.3) is 5.69 Å². The molecule has 1 aliphatic heterocycles. The van der Waals surface area contributed by atoms with Crippen molar-refractivity contribution >= 4 is 5.91 Å². The smallest absolute Gasteiger partial charge is 0.249 e. The molecule has 6 heteroatoms. The normalized spacial score (nSPS) is 19.3. The molecule has 1 amide bonds. The molecule has 140 valence electrons. The van der Waals surface area contributed by atoms with Crippen LogP contribution in [0.5, 0.6) is 0 Å². The Labute approximate surface area is 154 Å². The predicted octanol–water partition coefficient (Wildman–Crippen LogP) is 2.94. The molecule has 1 aliphatic rings.